The summed E-state index contributed by atoms with van der Waals surface area (Å²) in [5, 5.41) is 18.7. The Kier molecular flexibility index (Phi) is 3.38. The second kappa shape index (κ2) is 4.25. The molecule has 0 saturated heterocycles. The Morgan fingerprint density at radius 1 is 1.44 bits per heavy atom. The molecule has 84 valence electrons. The van der Waals surface area contributed by atoms with Crippen LogP contribution in [-0.4, -0.2) is 13.3 Å². The summed E-state index contributed by atoms with van der Waals surface area (Å²) >= 11 is 5.52. The Labute approximate surface area is 99.6 Å². The fourth-order valence-corrected chi connectivity index (χ4v) is 2.82. The van der Waals surface area contributed by atoms with Gasteiger partial charge in [-0.15, -0.1) is 0 Å². The highest BCUT2D eigenvalue weighted by Gasteiger charge is 2.28. The van der Waals surface area contributed by atoms with Crippen molar-refractivity contribution in [3.63, 3.8) is 0 Å². The number of hydrogen-bond donors (Lipinski definition) is 0. The lowest BCUT2D eigenvalue weighted by Gasteiger charge is -2.01. The normalized spacial score (nSPS) is 10.8. The number of benzene rings is 1. The van der Waals surface area contributed by atoms with Crippen molar-refractivity contribution in [2.45, 2.75) is 4.90 Å². The molecule has 0 radical (unpaired) electrons. The zero-order valence-electron chi connectivity index (χ0n) is 7.35. The van der Waals surface area contributed by atoms with Crippen LogP contribution in [0.5, 0.6) is 0 Å². The van der Waals surface area contributed by atoms with Gasteiger partial charge >= 0.3 is 0 Å². The number of hydrogen-bond acceptors (Lipinski definition) is 5. The van der Waals surface area contributed by atoms with E-state index in [0.717, 1.165) is 12.1 Å². The van der Waals surface area contributed by atoms with Gasteiger partial charge in [0.2, 0.25) is 0 Å². The van der Waals surface area contributed by atoms with E-state index in [2.05, 4.69) is 0 Å². The smallest absolute Gasteiger partial charge is 0.258 e. The molecule has 0 unspecified atom stereocenters. The summed E-state index contributed by atoms with van der Waals surface area (Å²) in [5.74, 6) is 0. The first kappa shape index (κ1) is 12.7. The van der Waals surface area contributed by atoms with Gasteiger partial charge in [0.1, 0.15) is 0 Å². The van der Waals surface area contributed by atoms with Crippen LogP contribution < -0.4 is 0 Å². The molecule has 0 N–H and O–H groups in total. The van der Waals surface area contributed by atoms with Crippen molar-refractivity contribution >= 4 is 37.0 Å². The Morgan fingerprint density at radius 3 is 2.38 bits per heavy atom. The molecule has 6 nitrogen and oxygen atoms in total. The van der Waals surface area contributed by atoms with Crippen LogP contribution in [0.1, 0.15) is 5.56 Å². The minimum absolute atomic E-state index is 0.124. The average molecular weight is 281 g/mol. The Hall–Kier alpha value is -1.36. The van der Waals surface area contributed by atoms with E-state index in [4.69, 9.17) is 27.5 Å². The standard InChI is InChI=1S/C7H2Cl2N2O4S/c8-5-1-4(3-10)2-6(11(12)13)7(5)16(9,14)15/h1-2H. The maximum atomic E-state index is 11.1. The average Bonchev–Trinajstić information content (AvgIpc) is 2.14. The van der Waals surface area contributed by atoms with Crippen molar-refractivity contribution in [2.24, 2.45) is 0 Å². The molecule has 0 amide bonds. The summed E-state index contributed by atoms with van der Waals surface area (Å²) in [6.45, 7) is 0. The molecule has 16 heavy (non-hydrogen) atoms. The third-order valence-corrected chi connectivity index (χ3v) is 3.38. The van der Waals surface area contributed by atoms with E-state index >= 15 is 0 Å². The molecule has 1 aromatic carbocycles. The van der Waals surface area contributed by atoms with Gasteiger partial charge in [0.05, 0.1) is 21.6 Å². The van der Waals surface area contributed by atoms with Crippen LogP contribution in [0.25, 0.3) is 0 Å². The first-order chi connectivity index (χ1) is 7.27. The van der Waals surface area contributed by atoms with Crippen LogP contribution in [0.2, 0.25) is 5.02 Å². The summed E-state index contributed by atoms with van der Waals surface area (Å²) in [6, 6.07) is 3.40. The van der Waals surface area contributed by atoms with E-state index in [-0.39, 0.29) is 5.56 Å². The fourth-order valence-electron chi connectivity index (χ4n) is 1.02. The Balaban J connectivity index is 3.75. The van der Waals surface area contributed by atoms with Crippen LogP contribution in [0.4, 0.5) is 5.69 Å². The summed E-state index contributed by atoms with van der Waals surface area (Å²) in [6.07, 6.45) is 0. The topological polar surface area (TPSA) is 101 Å². The molecule has 0 fully saturated rings. The lowest BCUT2D eigenvalue weighted by atomic mass is 10.2. The van der Waals surface area contributed by atoms with Gasteiger partial charge in [-0.3, -0.25) is 10.1 Å². The summed E-state index contributed by atoms with van der Waals surface area (Å²) in [7, 11) is 0.664. The molecule has 1 rings (SSSR count). The first-order valence-electron chi connectivity index (χ1n) is 3.60. The zero-order chi connectivity index (χ0) is 12.5. The minimum Gasteiger partial charge on any atom is -0.258 e. The number of nitro benzene ring substituents is 1. The Bertz CT molecular complexity index is 606. The van der Waals surface area contributed by atoms with Crippen molar-refractivity contribution in [3.05, 3.63) is 32.8 Å². The second-order valence-corrected chi connectivity index (χ2v) is 5.52. The highest BCUT2D eigenvalue weighted by molar-refractivity contribution is 8.14. The molecule has 0 bridgehead atoms. The molecule has 1 aromatic rings. The highest BCUT2D eigenvalue weighted by atomic mass is 35.7. The van der Waals surface area contributed by atoms with E-state index in [1.807, 2.05) is 0 Å². The Morgan fingerprint density at radius 2 is 2.00 bits per heavy atom. The van der Waals surface area contributed by atoms with Crippen LogP contribution in [0.3, 0.4) is 0 Å². The molecule has 0 saturated carbocycles. The van der Waals surface area contributed by atoms with Crippen molar-refractivity contribution in [1.82, 2.24) is 0 Å². The van der Waals surface area contributed by atoms with Gasteiger partial charge in [0, 0.05) is 16.7 Å². The van der Waals surface area contributed by atoms with Crippen LogP contribution >= 0.6 is 22.3 Å². The lowest BCUT2D eigenvalue weighted by molar-refractivity contribution is -0.387. The maximum Gasteiger partial charge on any atom is 0.292 e. The third kappa shape index (κ3) is 2.41. The number of nitriles is 1. The maximum absolute atomic E-state index is 11.1. The summed E-state index contributed by atoms with van der Waals surface area (Å²) < 4.78 is 22.1. The van der Waals surface area contributed by atoms with E-state index in [0.29, 0.717) is 0 Å². The third-order valence-electron chi connectivity index (χ3n) is 1.59. The molecule has 0 spiro atoms. The molecule has 0 aromatic heterocycles. The van der Waals surface area contributed by atoms with Gasteiger partial charge in [-0.1, -0.05) is 11.6 Å². The predicted octanol–water partition coefficient (Wildman–Crippen LogP) is 2.05. The van der Waals surface area contributed by atoms with Crippen molar-refractivity contribution in [1.29, 1.82) is 5.26 Å². The van der Waals surface area contributed by atoms with E-state index < -0.39 is 29.6 Å². The largest absolute Gasteiger partial charge is 0.292 e. The van der Waals surface area contributed by atoms with Gasteiger partial charge in [0.15, 0.2) is 4.90 Å². The van der Waals surface area contributed by atoms with Gasteiger partial charge in [-0.2, -0.15) is 5.26 Å². The van der Waals surface area contributed by atoms with Crippen molar-refractivity contribution in [2.75, 3.05) is 0 Å². The van der Waals surface area contributed by atoms with Crippen LogP contribution in [0.15, 0.2) is 17.0 Å². The highest BCUT2D eigenvalue weighted by Crippen LogP contribution is 2.34. The van der Waals surface area contributed by atoms with Gasteiger partial charge in [-0.25, -0.2) is 8.42 Å². The molecule has 0 aliphatic carbocycles. The number of nitrogens with zero attached hydrogens (tertiary/aromatic N) is 2. The van der Waals surface area contributed by atoms with Gasteiger partial charge < -0.3 is 0 Å². The SMILES string of the molecule is N#Cc1cc(Cl)c(S(=O)(=O)Cl)c([N+](=O)[O-])c1. The van der Waals surface area contributed by atoms with Gasteiger partial charge in [0.25, 0.3) is 14.7 Å². The van der Waals surface area contributed by atoms with E-state index in [1.54, 1.807) is 6.07 Å². The van der Waals surface area contributed by atoms with Crippen molar-refractivity contribution in [3.8, 4) is 6.07 Å². The number of halogens is 2. The van der Waals surface area contributed by atoms with E-state index in [1.165, 1.54) is 0 Å². The van der Waals surface area contributed by atoms with Crippen molar-refractivity contribution < 1.29 is 13.3 Å². The molecule has 0 aliphatic heterocycles. The zero-order valence-corrected chi connectivity index (χ0v) is 9.67. The molecule has 0 atom stereocenters. The van der Waals surface area contributed by atoms with Crippen LogP contribution in [-0.2, 0) is 9.05 Å². The minimum atomic E-state index is -4.34. The monoisotopic (exact) mass is 280 g/mol. The van der Waals surface area contributed by atoms with E-state index in [9.17, 15) is 18.5 Å². The molecule has 0 aliphatic rings. The molecule has 0 heterocycles. The predicted molar refractivity (Wildman–Crippen MR) is 55.9 cm³/mol. The molecule has 9 heteroatoms. The van der Waals surface area contributed by atoms with Gasteiger partial charge in [-0.05, 0) is 6.07 Å². The quantitative estimate of drug-likeness (QED) is 0.469. The first-order valence-corrected chi connectivity index (χ1v) is 6.29. The summed E-state index contributed by atoms with van der Waals surface area (Å²) in [5.41, 5.74) is -0.945. The number of rotatable bonds is 2. The fraction of sp³-hybridized carbons (Fsp3) is 0. The molecular formula is C7H2Cl2N2O4S. The molecular weight excluding hydrogens is 279 g/mol. The lowest BCUT2D eigenvalue weighted by Crippen LogP contribution is -2.00. The summed E-state index contributed by atoms with van der Waals surface area (Å²) in [4.78, 5) is 8.83. The second-order valence-electron chi connectivity index (χ2n) is 2.61. The van der Waals surface area contributed by atoms with Crippen LogP contribution in [0, 0.1) is 21.4 Å². The number of nitro groups is 1.